The van der Waals surface area contributed by atoms with Crippen LogP contribution in [0.3, 0.4) is 0 Å². The SMILES string of the molecule is O=C(NCCCC[C@@H]1NC(=O)[C@H](Cc2ccccc2)NC1=O)OCc1ccccc1. The zero-order valence-electron chi connectivity index (χ0n) is 16.8. The van der Waals surface area contributed by atoms with Crippen LogP contribution in [-0.4, -0.2) is 36.5 Å². The van der Waals surface area contributed by atoms with E-state index in [1.165, 1.54) is 0 Å². The zero-order valence-corrected chi connectivity index (χ0v) is 16.8. The molecule has 7 heteroatoms. The van der Waals surface area contributed by atoms with Gasteiger partial charge in [0.1, 0.15) is 18.7 Å². The predicted octanol–water partition coefficient (Wildman–Crippen LogP) is 2.31. The summed E-state index contributed by atoms with van der Waals surface area (Å²) in [6, 6.07) is 18.0. The van der Waals surface area contributed by atoms with E-state index < -0.39 is 18.2 Å². The van der Waals surface area contributed by atoms with Crippen LogP contribution in [0, 0.1) is 0 Å². The van der Waals surface area contributed by atoms with Crippen molar-refractivity contribution in [3.63, 3.8) is 0 Å². The average molecular weight is 409 g/mol. The van der Waals surface area contributed by atoms with Gasteiger partial charge >= 0.3 is 6.09 Å². The molecule has 158 valence electrons. The lowest BCUT2D eigenvalue weighted by Gasteiger charge is -2.29. The molecule has 3 rings (SSSR count). The highest BCUT2D eigenvalue weighted by molar-refractivity contribution is 5.97. The minimum Gasteiger partial charge on any atom is -0.445 e. The highest BCUT2D eigenvalue weighted by Crippen LogP contribution is 2.10. The largest absolute Gasteiger partial charge is 0.445 e. The van der Waals surface area contributed by atoms with E-state index in [0.717, 1.165) is 11.1 Å². The maximum atomic E-state index is 12.3. The lowest BCUT2D eigenvalue weighted by molar-refractivity contribution is -0.136. The number of alkyl carbamates (subject to hydrolysis) is 1. The molecule has 0 spiro atoms. The fourth-order valence-corrected chi connectivity index (χ4v) is 3.31. The lowest BCUT2D eigenvalue weighted by atomic mass is 10.00. The molecule has 1 aliphatic heterocycles. The number of hydrogen-bond acceptors (Lipinski definition) is 4. The summed E-state index contributed by atoms with van der Waals surface area (Å²) in [7, 11) is 0. The number of ether oxygens (including phenoxy) is 1. The molecule has 3 N–H and O–H groups in total. The maximum absolute atomic E-state index is 12.3. The number of carbonyl (C=O) groups excluding carboxylic acids is 3. The van der Waals surface area contributed by atoms with E-state index in [1.807, 2.05) is 60.7 Å². The molecule has 0 aromatic heterocycles. The molecular formula is C23H27N3O4. The number of benzene rings is 2. The molecule has 0 bridgehead atoms. The van der Waals surface area contributed by atoms with Gasteiger partial charge in [-0.3, -0.25) is 9.59 Å². The van der Waals surface area contributed by atoms with Crippen molar-refractivity contribution in [2.45, 2.75) is 44.4 Å². The summed E-state index contributed by atoms with van der Waals surface area (Å²) in [5, 5.41) is 8.32. The van der Waals surface area contributed by atoms with E-state index in [9.17, 15) is 14.4 Å². The van der Waals surface area contributed by atoms with E-state index in [4.69, 9.17) is 4.74 Å². The first-order valence-corrected chi connectivity index (χ1v) is 10.2. The van der Waals surface area contributed by atoms with Crippen LogP contribution in [0.5, 0.6) is 0 Å². The summed E-state index contributed by atoms with van der Waals surface area (Å²) in [6.45, 7) is 0.678. The first-order chi connectivity index (χ1) is 14.6. The van der Waals surface area contributed by atoms with Gasteiger partial charge in [0.25, 0.3) is 0 Å². The fourth-order valence-electron chi connectivity index (χ4n) is 3.31. The second-order valence-corrected chi connectivity index (χ2v) is 7.30. The Morgan fingerprint density at radius 3 is 2.13 bits per heavy atom. The Balaban J connectivity index is 1.30. The molecule has 7 nitrogen and oxygen atoms in total. The molecule has 2 aromatic rings. The van der Waals surface area contributed by atoms with Crippen molar-refractivity contribution in [2.75, 3.05) is 6.54 Å². The number of piperazine rings is 1. The van der Waals surface area contributed by atoms with Gasteiger partial charge in [-0.15, -0.1) is 0 Å². The van der Waals surface area contributed by atoms with Crippen molar-refractivity contribution in [3.8, 4) is 0 Å². The number of unbranched alkanes of at least 4 members (excludes halogenated alkanes) is 1. The van der Waals surface area contributed by atoms with Gasteiger partial charge in [0.05, 0.1) is 0 Å². The van der Waals surface area contributed by atoms with Gasteiger partial charge in [0, 0.05) is 13.0 Å². The summed E-state index contributed by atoms with van der Waals surface area (Å²) in [5.41, 5.74) is 1.93. The van der Waals surface area contributed by atoms with Gasteiger partial charge in [-0.05, 0) is 30.4 Å². The van der Waals surface area contributed by atoms with Crippen molar-refractivity contribution < 1.29 is 19.1 Å². The highest BCUT2D eigenvalue weighted by atomic mass is 16.5. The Morgan fingerprint density at radius 1 is 0.833 bits per heavy atom. The number of rotatable bonds is 9. The van der Waals surface area contributed by atoms with Crippen LogP contribution in [0.4, 0.5) is 4.79 Å². The summed E-state index contributed by atoms with van der Waals surface area (Å²) >= 11 is 0. The molecule has 2 aromatic carbocycles. The lowest BCUT2D eigenvalue weighted by Crippen LogP contribution is -2.62. The molecule has 0 saturated carbocycles. The van der Waals surface area contributed by atoms with Crippen molar-refractivity contribution in [1.82, 2.24) is 16.0 Å². The van der Waals surface area contributed by atoms with Crippen molar-refractivity contribution in [2.24, 2.45) is 0 Å². The van der Waals surface area contributed by atoms with E-state index in [1.54, 1.807) is 0 Å². The molecule has 1 aliphatic rings. The minimum atomic E-state index is -0.544. The minimum absolute atomic E-state index is 0.161. The van der Waals surface area contributed by atoms with Crippen LogP contribution < -0.4 is 16.0 Å². The number of amides is 3. The van der Waals surface area contributed by atoms with Crippen LogP contribution in [0.15, 0.2) is 60.7 Å². The average Bonchev–Trinajstić information content (AvgIpc) is 2.76. The van der Waals surface area contributed by atoms with Gasteiger partial charge in [-0.1, -0.05) is 60.7 Å². The Bertz CT molecular complexity index is 842. The quantitative estimate of drug-likeness (QED) is 0.554. The van der Waals surface area contributed by atoms with Gasteiger partial charge in [0.2, 0.25) is 11.8 Å². The van der Waals surface area contributed by atoms with Crippen LogP contribution in [0.25, 0.3) is 0 Å². The molecule has 30 heavy (non-hydrogen) atoms. The Kier molecular flexibility index (Phi) is 7.83. The summed E-state index contributed by atoms with van der Waals surface area (Å²) in [4.78, 5) is 36.3. The second-order valence-electron chi connectivity index (χ2n) is 7.30. The predicted molar refractivity (Wildman–Crippen MR) is 112 cm³/mol. The topological polar surface area (TPSA) is 96.5 Å². The van der Waals surface area contributed by atoms with Crippen LogP contribution in [0.1, 0.15) is 30.4 Å². The van der Waals surface area contributed by atoms with Gasteiger partial charge in [-0.2, -0.15) is 0 Å². The standard InChI is InChI=1S/C23H27N3O4/c27-21-19(25-22(28)20(26-21)15-17-9-3-1-4-10-17)13-7-8-14-24-23(29)30-16-18-11-5-2-6-12-18/h1-6,9-12,19-20H,7-8,13-16H2,(H,24,29)(H,25,28)(H,26,27)/t19-,20-/m0/s1. The van der Waals surface area contributed by atoms with Gasteiger partial charge < -0.3 is 20.7 Å². The van der Waals surface area contributed by atoms with Crippen LogP contribution >= 0.6 is 0 Å². The van der Waals surface area contributed by atoms with E-state index >= 15 is 0 Å². The summed E-state index contributed by atoms with van der Waals surface area (Å²) < 4.78 is 5.15. The highest BCUT2D eigenvalue weighted by Gasteiger charge is 2.33. The Morgan fingerprint density at radius 2 is 1.43 bits per heavy atom. The number of carbonyl (C=O) groups is 3. The number of hydrogen-bond donors (Lipinski definition) is 3. The maximum Gasteiger partial charge on any atom is 0.407 e. The molecular weight excluding hydrogens is 382 g/mol. The smallest absolute Gasteiger partial charge is 0.407 e. The van der Waals surface area contributed by atoms with Gasteiger partial charge in [0.15, 0.2) is 0 Å². The van der Waals surface area contributed by atoms with Crippen molar-refractivity contribution >= 4 is 17.9 Å². The van der Waals surface area contributed by atoms with Crippen molar-refractivity contribution in [1.29, 1.82) is 0 Å². The second kappa shape index (κ2) is 11.0. The molecule has 2 atom stereocenters. The van der Waals surface area contributed by atoms with Gasteiger partial charge in [-0.25, -0.2) is 4.79 Å². The molecule has 3 amide bonds. The van der Waals surface area contributed by atoms with E-state index in [0.29, 0.717) is 32.2 Å². The molecule has 1 heterocycles. The van der Waals surface area contributed by atoms with E-state index in [2.05, 4.69) is 16.0 Å². The van der Waals surface area contributed by atoms with Crippen LogP contribution in [0.2, 0.25) is 0 Å². The zero-order chi connectivity index (χ0) is 21.2. The molecule has 1 fully saturated rings. The molecule has 0 unspecified atom stereocenters. The molecule has 0 aliphatic carbocycles. The Labute approximate surface area is 176 Å². The monoisotopic (exact) mass is 409 g/mol. The molecule has 1 saturated heterocycles. The number of nitrogens with one attached hydrogen (secondary N) is 3. The van der Waals surface area contributed by atoms with E-state index in [-0.39, 0.29) is 18.4 Å². The van der Waals surface area contributed by atoms with Crippen LogP contribution in [-0.2, 0) is 27.4 Å². The first kappa shape index (κ1) is 21.4. The molecule has 0 radical (unpaired) electrons. The Hall–Kier alpha value is -3.35. The fraction of sp³-hybridized carbons (Fsp3) is 0.348. The third-order valence-corrected chi connectivity index (χ3v) is 4.95. The third-order valence-electron chi connectivity index (χ3n) is 4.95. The normalized spacial score (nSPS) is 18.3. The third kappa shape index (κ3) is 6.62. The van der Waals surface area contributed by atoms with Crippen molar-refractivity contribution in [3.05, 3.63) is 71.8 Å². The first-order valence-electron chi connectivity index (χ1n) is 10.2. The summed E-state index contributed by atoms with van der Waals surface area (Å²) in [5.74, 6) is -0.322. The summed E-state index contributed by atoms with van der Waals surface area (Å²) in [6.07, 6.45) is 1.91.